The summed E-state index contributed by atoms with van der Waals surface area (Å²) < 4.78 is 18.6. The van der Waals surface area contributed by atoms with Crippen molar-refractivity contribution in [1.82, 2.24) is 15.2 Å². The smallest absolute Gasteiger partial charge is 0.253 e. The number of hydrogen-bond donors (Lipinski definition) is 1. The number of pyridine rings is 1. The van der Waals surface area contributed by atoms with E-state index in [0.29, 0.717) is 18.5 Å². The third kappa shape index (κ3) is 6.00. The van der Waals surface area contributed by atoms with E-state index in [2.05, 4.69) is 10.2 Å². The molecule has 0 atom stereocenters. The summed E-state index contributed by atoms with van der Waals surface area (Å²) in [5.41, 5.74) is 4.68. The maximum absolute atomic E-state index is 13.2. The monoisotopic (exact) mass is 461 g/mol. The Kier molecular flexibility index (Phi) is 7.91. The van der Waals surface area contributed by atoms with E-state index in [4.69, 9.17) is 9.72 Å². The Morgan fingerprint density at radius 2 is 1.82 bits per heavy atom. The molecule has 0 bridgehead atoms. The number of para-hydroxylation sites is 1. The first-order chi connectivity index (χ1) is 16.5. The Bertz CT molecular complexity index is 1110. The number of hydrogen-bond acceptors (Lipinski definition) is 4. The molecule has 1 amide bonds. The average Bonchev–Trinajstić information content (AvgIpc) is 2.86. The number of piperidine rings is 1. The molecule has 4 rings (SSSR count). The summed E-state index contributed by atoms with van der Waals surface area (Å²) in [6.45, 7) is 5.16. The highest BCUT2D eigenvalue weighted by molar-refractivity contribution is 5.95. The largest absolute Gasteiger partial charge is 0.496 e. The van der Waals surface area contributed by atoms with Crippen LogP contribution in [0.15, 0.2) is 60.7 Å². The van der Waals surface area contributed by atoms with E-state index in [1.807, 2.05) is 55.5 Å². The van der Waals surface area contributed by atoms with Crippen molar-refractivity contribution in [3.8, 4) is 5.75 Å². The second-order valence-electron chi connectivity index (χ2n) is 8.88. The lowest BCUT2D eigenvalue weighted by atomic mass is 9.89. The number of ether oxygens (including phenoxy) is 1. The van der Waals surface area contributed by atoms with Crippen LogP contribution in [0.25, 0.3) is 0 Å². The van der Waals surface area contributed by atoms with Gasteiger partial charge in [-0.25, -0.2) is 4.39 Å². The van der Waals surface area contributed by atoms with E-state index < -0.39 is 0 Å². The number of rotatable bonds is 8. The fourth-order valence-electron chi connectivity index (χ4n) is 4.61. The first-order valence-electron chi connectivity index (χ1n) is 11.9. The van der Waals surface area contributed by atoms with E-state index in [1.54, 1.807) is 7.11 Å². The number of nitrogens with zero attached hydrogens (tertiary/aromatic N) is 2. The Balaban J connectivity index is 1.37. The molecule has 5 nitrogen and oxygen atoms in total. The molecule has 2 heterocycles. The van der Waals surface area contributed by atoms with Gasteiger partial charge in [-0.2, -0.15) is 0 Å². The third-order valence-electron chi connectivity index (χ3n) is 6.47. The van der Waals surface area contributed by atoms with Crippen LogP contribution in [0.2, 0.25) is 0 Å². The second kappa shape index (κ2) is 11.3. The van der Waals surface area contributed by atoms with Gasteiger partial charge in [0.15, 0.2) is 0 Å². The molecule has 0 aliphatic carbocycles. The Morgan fingerprint density at radius 1 is 1.09 bits per heavy atom. The summed E-state index contributed by atoms with van der Waals surface area (Å²) in [5.74, 6) is 0.800. The molecule has 0 radical (unpaired) electrons. The van der Waals surface area contributed by atoms with Crippen LogP contribution in [0, 0.1) is 12.7 Å². The number of halogens is 1. The van der Waals surface area contributed by atoms with Crippen LogP contribution in [-0.2, 0) is 13.0 Å². The zero-order valence-corrected chi connectivity index (χ0v) is 19.9. The molecule has 1 aliphatic heterocycles. The molecule has 0 unspecified atom stereocenters. The first-order valence-corrected chi connectivity index (χ1v) is 11.9. The van der Waals surface area contributed by atoms with Crippen molar-refractivity contribution in [3.05, 3.63) is 94.6 Å². The van der Waals surface area contributed by atoms with Crippen molar-refractivity contribution in [2.24, 2.45) is 0 Å². The Morgan fingerprint density at radius 3 is 2.56 bits per heavy atom. The molecule has 6 heteroatoms. The molecule has 1 saturated heterocycles. The summed E-state index contributed by atoms with van der Waals surface area (Å²) in [7, 11) is 1.66. The van der Waals surface area contributed by atoms with Gasteiger partial charge in [0, 0.05) is 24.7 Å². The zero-order chi connectivity index (χ0) is 23.9. The Labute approximate surface area is 201 Å². The highest BCUT2D eigenvalue weighted by Crippen LogP contribution is 2.30. The molecular formula is C28H32FN3O2. The van der Waals surface area contributed by atoms with Gasteiger partial charge < -0.3 is 10.1 Å². The Hall–Kier alpha value is -3.25. The number of aromatic nitrogens is 1. The van der Waals surface area contributed by atoms with Crippen molar-refractivity contribution in [2.45, 2.75) is 38.6 Å². The molecular weight excluding hydrogens is 429 g/mol. The number of carbonyl (C=O) groups excluding carboxylic acids is 1. The summed E-state index contributed by atoms with van der Waals surface area (Å²) >= 11 is 0. The second-order valence-corrected chi connectivity index (χ2v) is 8.88. The predicted molar refractivity (Wildman–Crippen MR) is 132 cm³/mol. The maximum Gasteiger partial charge on any atom is 0.253 e. The molecule has 34 heavy (non-hydrogen) atoms. The third-order valence-corrected chi connectivity index (χ3v) is 6.47. The number of nitrogens with one attached hydrogen (secondary N) is 1. The fourth-order valence-corrected chi connectivity index (χ4v) is 4.61. The van der Waals surface area contributed by atoms with Crippen LogP contribution in [0.3, 0.4) is 0 Å². The quantitative estimate of drug-likeness (QED) is 0.519. The maximum atomic E-state index is 13.2. The van der Waals surface area contributed by atoms with E-state index in [0.717, 1.165) is 60.7 Å². The zero-order valence-electron chi connectivity index (χ0n) is 19.9. The fraction of sp³-hybridized carbons (Fsp3) is 0.357. The van der Waals surface area contributed by atoms with Crippen LogP contribution in [0.1, 0.15) is 51.6 Å². The standard InChI is InChI=1S/C28H32FN3O2/c1-20-7-12-25(28(33)30-16-13-22-5-3-4-6-26(22)34-2)27(31-20)23-14-17-32(18-15-23)19-21-8-10-24(29)11-9-21/h3-12,23H,13-19H2,1-2H3,(H,30,33). The van der Waals surface area contributed by atoms with E-state index in [9.17, 15) is 9.18 Å². The van der Waals surface area contributed by atoms with Gasteiger partial charge in [-0.05, 0) is 80.7 Å². The minimum absolute atomic E-state index is 0.0776. The minimum atomic E-state index is -0.207. The van der Waals surface area contributed by atoms with E-state index in [1.165, 1.54) is 12.1 Å². The SMILES string of the molecule is COc1ccccc1CCNC(=O)c1ccc(C)nc1C1CCN(Cc2ccc(F)cc2)CC1. The number of amides is 1. The lowest BCUT2D eigenvalue weighted by molar-refractivity contribution is 0.0951. The predicted octanol–water partition coefficient (Wildman–Crippen LogP) is 4.89. The van der Waals surface area contributed by atoms with Gasteiger partial charge in [0.1, 0.15) is 11.6 Å². The number of methoxy groups -OCH3 is 1. The van der Waals surface area contributed by atoms with Gasteiger partial charge in [-0.1, -0.05) is 30.3 Å². The molecule has 1 aromatic heterocycles. The first kappa shape index (κ1) is 23.9. The molecule has 1 N–H and O–H groups in total. The van der Waals surface area contributed by atoms with Gasteiger partial charge in [0.05, 0.1) is 18.4 Å². The molecule has 2 aromatic carbocycles. The van der Waals surface area contributed by atoms with Crippen molar-refractivity contribution in [1.29, 1.82) is 0 Å². The van der Waals surface area contributed by atoms with Gasteiger partial charge in [-0.3, -0.25) is 14.7 Å². The molecule has 3 aromatic rings. The summed E-state index contributed by atoms with van der Waals surface area (Å²) in [4.78, 5) is 20.2. The van der Waals surface area contributed by atoms with Gasteiger partial charge >= 0.3 is 0 Å². The number of carbonyl (C=O) groups is 1. The topological polar surface area (TPSA) is 54.5 Å². The van der Waals surface area contributed by atoms with E-state index >= 15 is 0 Å². The lowest BCUT2D eigenvalue weighted by Gasteiger charge is -2.32. The lowest BCUT2D eigenvalue weighted by Crippen LogP contribution is -2.34. The van der Waals surface area contributed by atoms with Crippen LogP contribution >= 0.6 is 0 Å². The van der Waals surface area contributed by atoms with Gasteiger partial charge in [0.2, 0.25) is 0 Å². The average molecular weight is 462 g/mol. The summed E-state index contributed by atoms with van der Waals surface area (Å²) in [6, 6.07) is 18.4. The molecule has 0 saturated carbocycles. The number of benzene rings is 2. The van der Waals surface area contributed by atoms with Gasteiger partial charge in [0.25, 0.3) is 5.91 Å². The van der Waals surface area contributed by atoms with Crippen LogP contribution in [0.4, 0.5) is 4.39 Å². The van der Waals surface area contributed by atoms with Crippen LogP contribution in [-0.4, -0.2) is 42.5 Å². The molecule has 1 fully saturated rings. The highest BCUT2D eigenvalue weighted by Gasteiger charge is 2.26. The molecule has 178 valence electrons. The van der Waals surface area contributed by atoms with E-state index in [-0.39, 0.29) is 17.6 Å². The van der Waals surface area contributed by atoms with Gasteiger partial charge in [-0.15, -0.1) is 0 Å². The summed E-state index contributed by atoms with van der Waals surface area (Å²) in [5, 5.41) is 3.07. The number of aryl methyl sites for hydroxylation is 1. The van der Waals surface area contributed by atoms with Crippen LogP contribution in [0.5, 0.6) is 5.75 Å². The number of likely N-dealkylation sites (tertiary alicyclic amines) is 1. The molecule has 1 aliphatic rings. The minimum Gasteiger partial charge on any atom is -0.496 e. The normalized spacial score (nSPS) is 14.7. The van der Waals surface area contributed by atoms with Crippen molar-refractivity contribution < 1.29 is 13.9 Å². The van der Waals surface area contributed by atoms with Crippen LogP contribution < -0.4 is 10.1 Å². The van der Waals surface area contributed by atoms with Crippen molar-refractivity contribution in [3.63, 3.8) is 0 Å². The molecule has 0 spiro atoms. The van der Waals surface area contributed by atoms with Crippen molar-refractivity contribution in [2.75, 3.05) is 26.7 Å². The summed E-state index contributed by atoms with van der Waals surface area (Å²) in [6.07, 6.45) is 2.59. The highest BCUT2D eigenvalue weighted by atomic mass is 19.1. The van der Waals surface area contributed by atoms with Crippen molar-refractivity contribution >= 4 is 5.91 Å².